The Balaban J connectivity index is 2.30. The first-order valence-electron chi connectivity index (χ1n) is 6.30. The predicted octanol–water partition coefficient (Wildman–Crippen LogP) is 3.75. The summed E-state index contributed by atoms with van der Waals surface area (Å²) in [6, 6.07) is 3.91. The molecule has 0 atom stereocenters. The summed E-state index contributed by atoms with van der Waals surface area (Å²) >= 11 is 0. The van der Waals surface area contributed by atoms with Crippen molar-refractivity contribution in [3.8, 4) is 0 Å². The van der Waals surface area contributed by atoms with E-state index in [9.17, 15) is 4.79 Å². The summed E-state index contributed by atoms with van der Waals surface area (Å²) in [6.45, 7) is 4.71. The molecule has 0 unspecified atom stereocenters. The molecule has 2 nitrogen and oxygen atoms in total. The van der Waals surface area contributed by atoms with E-state index in [1.165, 1.54) is 37.4 Å². The van der Waals surface area contributed by atoms with Crippen molar-refractivity contribution in [2.24, 2.45) is 5.92 Å². The number of hydrogen-bond acceptors (Lipinski definition) is 1. The predicted molar refractivity (Wildman–Crippen MR) is 65.9 cm³/mol. The highest BCUT2D eigenvalue weighted by Gasteiger charge is 2.34. The van der Waals surface area contributed by atoms with Crippen molar-refractivity contribution in [2.45, 2.75) is 63.7 Å². The van der Waals surface area contributed by atoms with Gasteiger partial charge >= 0.3 is 5.97 Å². The Morgan fingerprint density at radius 3 is 2.40 bits per heavy atom. The lowest BCUT2D eigenvalue weighted by molar-refractivity contribution is -0.142. The maximum absolute atomic E-state index is 10.8. The lowest BCUT2D eigenvalue weighted by atomic mass is 10.0. The Labute approximate surface area is 94.1 Å². The fourth-order valence-corrected chi connectivity index (χ4v) is 6.56. The van der Waals surface area contributed by atoms with Crippen molar-refractivity contribution < 1.29 is 9.90 Å². The minimum atomic E-state index is -1.02. The highest BCUT2D eigenvalue weighted by Crippen LogP contribution is 2.36. The number of unbranched alkanes of at least 4 members (excludes halogenated alkanes) is 2. The van der Waals surface area contributed by atoms with Crippen molar-refractivity contribution in [1.82, 2.24) is 0 Å². The monoisotopic (exact) mass is 228 g/mol. The van der Waals surface area contributed by atoms with Gasteiger partial charge < -0.3 is 5.11 Å². The molecule has 1 aliphatic rings. The largest absolute Gasteiger partial charge is 0.481 e. The van der Waals surface area contributed by atoms with Crippen LogP contribution >= 0.6 is 0 Å². The molecule has 0 radical (unpaired) electrons. The van der Waals surface area contributed by atoms with Gasteiger partial charge in [0.05, 0.1) is 14.0 Å². The maximum atomic E-state index is 10.8. The first kappa shape index (κ1) is 12.8. The van der Waals surface area contributed by atoms with E-state index in [0.717, 1.165) is 12.8 Å². The second-order valence-electron chi connectivity index (χ2n) is 5.38. The molecule has 0 aromatic rings. The van der Waals surface area contributed by atoms with Gasteiger partial charge in [0, 0.05) is 0 Å². The zero-order valence-corrected chi connectivity index (χ0v) is 11.1. The standard InChI is InChI=1S/C12H24O2Si/c1-3-4-5-8-15(2)9-6-11(7-10-15)12(13)14/h11H,3-10H2,1-2H3,(H,13,14)/t11-,15-. The highest BCUT2D eigenvalue weighted by molar-refractivity contribution is 6.78. The summed E-state index contributed by atoms with van der Waals surface area (Å²) in [6.07, 6.45) is 5.92. The summed E-state index contributed by atoms with van der Waals surface area (Å²) in [7, 11) is -1.02. The topological polar surface area (TPSA) is 37.3 Å². The fraction of sp³-hybridized carbons (Fsp3) is 0.917. The Morgan fingerprint density at radius 2 is 1.93 bits per heavy atom. The van der Waals surface area contributed by atoms with Crippen molar-refractivity contribution in [3.63, 3.8) is 0 Å². The normalized spacial score (nSPS) is 31.5. The molecule has 1 N–H and O–H groups in total. The van der Waals surface area contributed by atoms with Gasteiger partial charge in [0.2, 0.25) is 0 Å². The van der Waals surface area contributed by atoms with Gasteiger partial charge in [-0.05, 0) is 12.8 Å². The number of rotatable bonds is 5. The Hall–Kier alpha value is -0.313. The van der Waals surface area contributed by atoms with E-state index in [1.54, 1.807) is 0 Å². The molecule has 3 heteroatoms. The molecule has 0 aromatic carbocycles. The second kappa shape index (κ2) is 5.68. The summed E-state index contributed by atoms with van der Waals surface area (Å²) in [4.78, 5) is 10.8. The van der Waals surface area contributed by atoms with Crippen LogP contribution in [0.15, 0.2) is 0 Å². The molecule has 15 heavy (non-hydrogen) atoms. The SMILES string of the molecule is CCCCC[Si@]1(C)CC[C@@H](C(=O)O)CC1. The molecular formula is C12H24O2Si. The zero-order valence-electron chi connectivity index (χ0n) is 10.1. The molecule has 1 saturated heterocycles. The van der Waals surface area contributed by atoms with E-state index >= 15 is 0 Å². The van der Waals surface area contributed by atoms with Crippen LogP contribution in [0.25, 0.3) is 0 Å². The van der Waals surface area contributed by atoms with Gasteiger partial charge in [-0.3, -0.25) is 4.79 Å². The smallest absolute Gasteiger partial charge is 0.306 e. The maximum Gasteiger partial charge on any atom is 0.306 e. The molecule has 0 aromatic heterocycles. The summed E-state index contributed by atoms with van der Waals surface area (Å²) < 4.78 is 0. The first-order valence-corrected chi connectivity index (χ1v) is 9.42. The Morgan fingerprint density at radius 1 is 1.33 bits per heavy atom. The number of hydrogen-bond donors (Lipinski definition) is 1. The minimum Gasteiger partial charge on any atom is -0.481 e. The molecule has 1 aliphatic heterocycles. The van der Waals surface area contributed by atoms with E-state index in [-0.39, 0.29) is 5.92 Å². The lowest BCUT2D eigenvalue weighted by Crippen LogP contribution is -2.36. The van der Waals surface area contributed by atoms with Crippen LogP contribution in [0, 0.1) is 5.92 Å². The van der Waals surface area contributed by atoms with Crippen molar-refractivity contribution in [2.75, 3.05) is 0 Å². The Bertz CT molecular complexity index is 208. The molecule has 0 bridgehead atoms. The van der Waals surface area contributed by atoms with Gasteiger partial charge in [-0.25, -0.2) is 0 Å². The first-order chi connectivity index (χ1) is 7.07. The van der Waals surface area contributed by atoms with Crippen LogP contribution in [0.3, 0.4) is 0 Å². The molecule has 0 spiro atoms. The van der Waals surface area contributed by atoms with E-state index in [0.29, 0.717) is 0 Å². The Kier molecular flexibility index (Phi) is 4.83. The molecule has 0 amide bonds. The molecular weight excluding hydrogens is 204 g/mol. The van der Waals surface area contributed by atoms with Gasteiger partial charge in [-0.1, -0.05) is 50.9 Å². The van der Waals surface area contributed by atoms with Crippen LogP contribution in [0.4, 0.5) is 0 Å². The number of carboxylic acid groups (broad SMARTS) is 1. The quantitative estimate of drug-likeness (QED) is 0.575. The van der Waals surface area contributed by atoms with Gasteiger partial charge in [0.15, 0.2) is 0 Å². The minimum absolute atomic E-state index is 0.0308. The van der Waals surface area contributed by atoms with Crippen LogP contribution in [0.2, 0.25) is 24.7 Å². The lowest BCUT2D eigenvalue weighted by Gasteiger charge is -2.34. The van der Waals surface area contributed by atoms with Crippen LogP contribution in [0.5, 0.6) is 0 Å². The van der Waals surface area contributed by atoms with Crippen LogP contribution in [-0.2, 0) is 4.79 Å². The number of aliphatic carboxylic acids is 1. The van der Waals surface area contributed by atoms with Gasteiger partial charge in [0.1, 0.15) is 0 Å². The third kappa shape index (κ3) is 3.97. The van der Waals surface area contributed by atoms with E-state index in [4.69, 9.17) is 5.11 Å². The van der Waals surface area contributed by atoms with Crippen LogP contribution in [0.1, 0.15) is 39.0 Å². The summed E-state index contributed by atoms with van der Waals surface area (Å²) in [5.41, 5.74) is 0. The van der Waals surface area contributed by atoms with Crippen LogP contribution in [-0.4, -0.2) is 19.1 Å². The van der Waals surface area contributed by atoms with E-state index in [1.807, 2.05) is 0 Å². The number of carbonyl (C=O) groups is 1. The van der Waals surface area contributed by atoms with Gasteiger partial charge in [-0.15, -0.1) is 0 Å². The van der Waals surface area contributed by atoms with Gasteiger partial charge in [-0.2, -0.15) is 0 Å². The van der Waals surface area contributed by atoms with Crippen molar-refractivity contribution >= 4 is 14.0 Å². The molecule has 1 fully saturated rings. The highest BCUT2D eigenvalue weighted by atomic mass is 28.3. The van der Waals surface area contributed by atoms with Crippen LogP contribution < -0.4 is 0 Å². The third-order valence-electron chi connectivity index (χ3n) is 3.93. The molecule has 1 heterocycles. The molecule has 0 aliphatic carbocycles. The summed E-state index contributed by atoms with van der Waals surface area (Å²) in [5.74, 6) is -0.601. The summed E-state index contributed by atoms with van der Waals surface area (Å²) in [5, 5.41) is 8.94. The average molecular weight is 228 g/mol. The molecule has 0 saturated carbocycles. The molecule has 88 valence electrons. The third-order valence-corrected chi connectivity index (χ3v) is 8.48. The zero-order chi connectivity index (χ0) is 11.3. The average Bonchev–Trinajstić information content (AvgIpc) is 2.18. The van der Waals surface area contributed by atoms with Crippen molar-refractivity contribution in [1.29, 1.82) is 0 Å². The second-order valence-corrected chi connectivity index (χ2v) is 10.5. The van der Waals surface area contributed by atoms with Gasteiger partial charge in [0.25, 0.3) is 0 Å². The van der Waals surface area contributed by atoms with E-state index < -0.39 is 14.0 Å². The fourth-order valence-electron chi connectivity index (χ4n) is 2.61. The number of carboxylic acids is 1. The molecule has 1 rings (SSSR count). The van der Waals surface area contributed by atoms with E-state index in [2.05, 4.69) is 13.5 Å². The van der Waals surface area contributed by atoms with Crippen molar-refractivity contribution in [3.05, 3.63) is 0 Å².